The molecule has 0 bridgehead atoms. The zero-order chi connectivity index (χ0) is 93.8. The Morgan fingerprint density at radius 3 is 0.892 bits per heavy atom. The molecule has 5 aromatic carbocycles. The largest absolute Gasteiger partial charge is 0.433 e. The topological polar surface area (TPSA) is 274 Å². The number of carbonyl (C=O) groups is 5. The van der Waals surface area contributed by atoms with E-state index in [9.17, 15) is 100 Å². The summed E-state index contributed by atoms with van der Waals surface area (Å²) in [6.45, 7) is 6.07. The molecule has 20 nitrogen and oxygen atoms in total. The Kier molecular flexibility index (Phi) is 32.6. The van der Waals surface area contributed by atoms with E-state index in [1.54, 1.807) is 146 Å². The Hall–Kier alpha value is -13.0. The molecule has 130 heavy (non-hydrogen) atoms. The van der Waals surface area contributed by atoms with Crippen molar-refractivity contribution in [3.8, 4) is 68.4 Å². The van der Waals surface area contributed by atoms with E-state index in [1.807, 2.05) is 12.1 Å². The summed E-state index contributed by atoms with van der Waals surface area (Å²) in [4.78, 5) is 86.5. The van der Waals surface area contributed by atoms with Gasteiger partial charge in [-0.25, -0.2) is 24.9 Å². The van der Waals surface area contributed by atoms with Crippen molar-refractivity contribution in [2.45, 2.75) is 180 Å². The van der Waals surface area contributed by atoms with Crippen molar-refractivity contribution in [1.29, 1.82) is 10.5 Å². The lowest BCUT2D eigenvalue weighted by Crippen LogP contribution is -2.34. The highest BCUT2D eigenvalue weighted by molar-refractivity contribution is 5.80. The van der Waals surface area contributed by atoms with Crippen molar-refractivity contribution in [1.82, 2.24) is 49.4 Å². The Morgan fingerprint density at radius 1 is 0.308 bits per heavy atom. The van der Waals surface area contributed by atoms with E-state index >= 15 is 0 Å². The molecule has 0 aliphatic carbocycles. The van der Waals surface area contributed by atoms with Crippen LogP contribution in [0.2, 0.25) is 0 Å². The highest BCUT2D eigenvalue weighted by atomic mass is 19.4. The maximum Gasteiger partial charge on any atom is 0.433 e. The van der Waals surface area contributed by atoms with Crippen molar-refractivity contribution in [2.75, 3.05) is 32.7 Å². The number of aromatic nitrogens is 5. The fourth-order valence-electron chi connectivity index (χ4n) is 15.1. The van der Waals surface area contributed by atoms with E-state index in [0.717, 1.165) is 142 Å². The van der Waals surface area contributed by atoms with Crippen LogP contribution >= 0.6 is 0 Å². The van der Waals surface area contributed by atoms with Gasteiger partial charge >= 0.3 is 30.9 Å². The first-order valence-corrected chi connectivity index (χ1v) is 41.7. The summed E-state index contributed by atoms with van der Waals surface area (Å²) in [5.41, 5.74) is 3.20. The highest BCUT2D eigenvalue weighted by Crippen LogP contribution is 2.39. The number of nitrogens with zero attached hydrogens (tertiary/aromatic N) is 12. The molecule has 0 saturated carbocycles. The molecule has 5 aliphatic heterocycles. The van der Waals surface area contributed by atoms with Gasteiger partial charge in [0.25, 0.3) is 0 Å². The lowest BCUT2D eigenvalue weighted by atomic mass is 9.99. The van der Waals surface area contributed by atoms with E-state index in [2.05, 4.69) is 24.9 Å². The third kappa shape index (κ3) is 26.2. The van der Waals surface area contributed by atoms with Crippen molar-refractivity contribution >= 4 is 29.5 Å². The fraction of sp³-hybridized carbons (Fsp3) is 0.347. The number of piperidine rings is 4. The average molecular weight is 1810 g/mol. The number of halogens is 15. The first kappa shape index (κ1) is 97.6. The number of hydrogen-bond donors (Lipinski definition) is 3. The lowest BCUT2D eigenvalue weighted by molar-refractivity contribution is -0.142. The normalized spacial score (nSPS) is 15.1. The number of carbonyl (C=O) groups excluding carboxylic acids is 5. The summed E-state index contributed by atoms with van der Waals surface area (Å²) in [6, 6.07) is 47.7. The van der Waals surface area contributed by atoms with Gasteiger partial charge in [-0.3, -0.25) is 24.0 Å². The van der Waals surface area contributed by atoms with E-state index < -0.39 is 79.2 Å². The molecule has 5 fully saturated rings. The van der Waals surface area contributed by atoms with Gasteiger partial charge in [0.15, 0.2) is 5.69 Å². The number of nitriles is 2. The number of aryl methyl sites for hydroxylation is 1. The first-order valence-electron chi connectivity index (χ1n) is 41.7. The van der Waals surface area contributed by atoms with Crippen molar-refractivity contribution in [3.05, 3.63) is 266 Å². The van der Waals surface area contributed by atoms with Crippen LogP contribution in [-0.2, 0) is 107 Å². The Balaban J connectivity index is 0.000000157. The third-order valence-electron chi connectivity index (χ3n) is 22.1. The van der Waals surface area contributed by atoms with Crippen molar-refractivity contribution in [3.63, 3.8) is 0 Å². The summed E-state index contributed by atoms with van der Waals surface area (Å²) in [5.74, 6) is 0.615. The molecule has 0 radical (unpaired) electrons. The van der Waals surface area contributed by atoms with E-state index in [0.29, 0.717) is 122 Å². The first-order chi connectivity index (χ1) is 61.8. The molecule has 5 saturated heterocycles. The molecule has 3 N–H and O–H groups in total. The zero-order valence-corrected chi connectivity index (χ0v) is 70.3. The SMILES string of the molecule is Cc1cc(C(F)(F)F)nc(-c2ccc(CN3CCCCC3=O)cc2)c1CO.N#Cc1ccc(C(F)(F)F)nc1-c1ccc(CN2CCCC2=O)cc1.N#Cc1ccc(C(F)(F)F)nc1-c1ccc(CN2CCCCC2=O)cc1.O=C1CCCCN1Cc1ccc(-c2ccc(CO)c(C(F)(F)F)n2)cc1.O=C1CCCCN1Cc1ccc(-c2nc(C(F)(F)F)ccc2CO)cc1. The number of alkyl halides is 15. The van der Waals surface area contributed by atoms with Gasteiger partial charge in [0, 0.05) is 142 Å². The van der Waals surface area contributed by atoms with E-state index in [-0.39, 0.29) is 74.7 Å². The Bertz CT molecular complexity index is 5720. The molecular formula is C95H89F15N12O8. The van der Waals surface area contributed by atoms with Crippen LogP contribution in [0.3, 0.4) is 0 Å². The number of hydrogen-bond acceptors (Lipinski definition) is 15. The minimum Gasteiger partial charge on any atom is -0.392 e. The number of amides is 5. The number of aliphatic hydroxyl groups excluding tert-OH is 3. The van der Waals surface area contributed by atoms with E-state index in [1.165, 1.54) is 25.1 Å². The number of benzene rings is 5. The van der Waals surface area contributed by atoms with Crippen LogP contribution in [-0.4, -0.2) is 127 Å². The van der Waals surface area contributed by atoms with Crippen LogP contribution in [0.25, 0.3) is 56.3 Å². The summed E-state index contributed by atoms with van der Waals surface area (Å²) in [7, 11) is 0. The summed E-state index contributed by atoms with van der Waals surface area (Å²) >= 11 is 0. The molecule has 10 heterocycles. The van der Waals surface area contributed by atoms with Gasteiger partial charge in [0.1, 0.15) is 34.9 Å². The predicted octanol–water partition coefficient (Wildman–Crippen LogP) is 19.5. The Labute approximate surface area is 738 Å². The number of rotatable bonds is 18. The van der Waals surface area contributed by atoms with Crippen LogP contribution in [0.4, 0.5) is 65.9 Å². The van der Waals surface area contributed by atoms with Gasteiger partial charge in [-0.05, 0) is 141 Å². The predicted molar refractivity (Wildman–Crippen MR) is 447 cm³/mol. The van der Waals surface area contributed by atoms with Gasteiger partial charge in [0.2, 0.25) is 29.5 Å². The summed E-state index contributed by atoms with van der Waals surface area (Å²) < 4.78 is 195. The molecule has 10 aromatic rings. The summed E-state index contributed by atoms with van der Waals surface area (Å²) in [6.07, 6.45) is -11.6. The van der Waals surface area contributed by atoms with Gasteiger partial charge in [-0.15, -0.1) is 0 Å². The quantitative estimate of drug-likeness (QED) is 0.0674. The molecule has 682 valence electrons. The molecule has 0 spiro atoms. The van der Waals surface area contributed by atoms with Gasteiger partial charge in [0.05, 0.1) is 59.4 Å². The minimum atomic E-state index is -4.62. The van der Waals surface area contributed by atoms with Gasteiger partial charge in [-0.2, -0.15) is 76.4 Å². The Morgan fingerprint density at radius 2 is 0.592 bits per heavy atom. The van der Waals surface area contributed by atoms with Crippen molar-refractivity contribution < 1.29 is 105 Å². The molecule has 35 heteroatoms. The maximum atomic E-state index is 13.1. The number of aliphatic hydroxyl groups is 3. The second-order valence-electron chi connectivity index (χ2n) is 31.4. The second kappa shape index (κ2) is 43.4. The van der Waals surface area contributed by atoms with Crippen LogP contribution < -0.4 is 0 Å². The minimum absolute atomic E-state index is 0.00104. The maximum absolute atomic E-state index is 13.1. The summed E-state index contributed by atoms with van der Waals surface area (Å²) in [5, 5.41) is 46.4. The molecule has 5 amide bonds. The molecule has 5 aromatic heterocycles. The lowest BCUT2D eigenvalue weighted by Gasteiger charge is -2.26. The van der Waals surface area contributed by atoms with Gasteiger partial charge < -0.3 is 39.8 Å². The monoisotopic (exact) mass is 1810 g/mol. The smallest absolute Gasteiger partial charge is 0.392 e. The number of likely N-dealkylation sites (tertiary alicyclic amines) is 5. The molecule has 0 atom stereocenters. The fourth-order valence-corrected chi connectivity index (χ4v) is 15.1. The van der Waals surface area contributed by atoms with E-state index in [4.69, 9.17) is 15.6 Å². The van der Waals surface area contributed by atoms with Crippen LogP contribution in [0, 0.1) is 29.6 Å². The van der Waals surface area contributed by atoms with Crippen LogP contribution in [0.5, 0.6) is 0 Å². The van der Waals surface area contributed by atoms with Crippen molar-refractivity contribution in [2.24, 2.45) is 0 Å². The van der Waals surface area contributed by atoms with Crippen LogP contribution in [0.1, 0.15) is 180 Å². The highest BCUT2D eigenvalue weighted by Gasteiger charge is 2.39. The third-order valence-corrected chi connectivity index (χ3v) is 22.1. The molecule has 5 aliphatic rings. The molecule has 0 unspecified atom stereocenters. The molecular weight excluding hydrogens is 1720 g/mol. The number of pyridine rings is 5. The zero-order valence-electron chi connectivity index (χ0n) is 70.3. The van der Waals surface area contributed by atoms with Gasteiger partial charge in [-0.1, -0.05) is 133 Å². The second-order valence-corrected chi connectivity index (χ2v) is 31.4. The molecule has 15 rings (SSSR count). The average Bonchev–Trinajstić information content (AvgIpc) is 1.05. The van der Waals surface area contributed by atoms with Crippen LogP contribution in [0.15, 0.2) is 176 Å². The standard InChI is InChI=1S/C20H21F3N2O2.C19H16F3N3O.2C19H19F3N2O2.C18H14F3N3O/c1-13-10-17(20(21,22)23)24-19(16(13)12-26)15-7-5-14(6-8-15)11-25-9-3-2-4-18(25)27;20-19(21,22)16-9-8-15(11-23)18(24-16)14-6-4-13(5-7-14)12-25-10-2-1-3-17(25)26;20-19(21,22)16-9-8-15(12-25)18(23-16)14-6-4-13(5-7-14)11-24-10-2-1-3-17(24)26;20-19(21,22)18-15(12-25)8-9-16(23-18)14-6-4-13(5-7-14)11-24-10-2-1-3-17(24)26;19-18(20,21)15-8-7-14(10-22)17(23-15)13-5-3-12(4-6-13)11-24-9-1-2-16(24)25/h5-8,10,26H,2-4,9,11-12H2,1H3;4-9H,1-3,10,12H2;2*4-9,25H,1-3,10-12H2;3-8H,1-2,9,11H2.